The maximum Gasteiger partial charge on any atom is 0.222 e. The van der Waals surface area contributed by atoms with Gasteiger partial charge in [0.25, 0.3) is 0 Å². The molecule has 0 saturated carbocycles. The van der Waals surface area contributed by atoms with E-state index in [1.807, 2.05) is 59.5 Å². The summed E-state index contributed by atoms with van der Waals surface area (Å²) in [5.41, 5.74) is 1.89. The van der Waals surface area contributed by atoms with Gasteiger partial charge in [-0.3, -0.25) is 9.59 Å². The van der Waals surface area contributed by atoms with Crippen molar-refractivity contribution in [3.63, 3.8) is 0 Å². The molecule has 2 saturated heterocycles. The summed E-state index contributed by atoms with van der Waals surface area (Å²) in [6.45, 7) is 1.37. The molecule has 0 spiro atoms. The molecule has 0 bridgehead atoms. The van der Waals surface area contributed by atoms with Crippen molar-refractivity contribution in [3.8, 4) is 0 Å². The molecule has 0 radical (unpaired) electrons. The van der Waals surface area contributed by atoms with E-state index in [1.165, 1.54) is 0 Å². The second kappa shape index (κ2) is 10.7. The van der Waals surface area contributed by atoms with Gasteiger partial charge in [-0.15, -0.1) is 0 Å². The number of aliphatic hydroxyl groups is 1. The fourth-order valence-electron chi connectivity index (χ4n) is 5.24. The molecule has 2 atom stereocenters. The molecule has 0 aromatic heterocycles. The maximum absolute atomic E-state index is 13.0. The fourth-order valence-corrected chi connectivity index (χ4v) is 5.36. The van der Waals surface area contributed by atoms with Crippen LogP contribution in [0.5, 0.6) is 0 Å². The molecule has 33 heavy (non-hydrogen) atoms. The number of halogens is 1. The molecule has 2 aliphatic heterocycles. The monoisotopic (exact) mass is 468 g/mol. The number of carbonyl (C=O) groups is 2. The number of hydrogen-bond donors (Lipinski definition) is 2. The third-order valence-corrected chi connectivity index (χ3v) is 7.48. The summed E-state index contributed by atoms with van der Waals surface area (Å²) in [6, 6.07) is 17.8. The van der Waals surface area contributed by atoms with Crippen LogP contribution in [0.3, 0.4) is 0 Å². The third kappa shape index (κ3) is 6.36. The summed E-state index contributed by atoms with van der Waals surface area (Å²) in [4.78, 5) is 26.9. The predicted octanol–water partition coefficient (Wildman–Crippen LogP) is 4.15. The topological polar surface area (TPSA) is 69.6 Å². The number of aliphatic hydroxyl groups excluding tert-OH is 1. The second-order valence-electron chi connectivity index (χ2n) is 9.61. The Morgan fingerprint density at radius 2 is 1.79 bits per heavy atom. The standard InChI is InChI=1S/C27H33ClN2O3/c28-23-8-6-21(7-9-23)19-27(14-10-25(32)29-27)15-11-26(33)30-16-12-22(13-17-30)24(31)18-20-4-2-1-3-5-20/h1-9,22,24,31H,10-19H2,(H,29,32). The number of benzene rings is 2. The Morgan fingerprint density at radius 1 is 1.09 bits per heavy atom. The van der Waals surface area contributed by atoms with Crippen LogP contribution in [0.2, 0.25) is 5.02 Å². The van der Waals surface area contributed by atoms with E-state index in [0.717, 1.165) is 30.4 Å². The minimum absolute atomic E-state index is 0.0598. The van der Waals surface area contributed by atoms with Gasteiger partial charge in [0.05, 0.1) is 6.10 Å². The van der Waals surface area contributed by atoms with Gasteiger partial charge in [-0.2, -0.15) is 0 Å². The zero-order chi connectivity index (χ0) is 23.3. The first-order valence-electron chi connectivity index (χ1n) is 12.0. The highest BCUT2D eigenvalue weighted by Gasteiger charge is 2.38. The molecule has 6 heteroatoms. The number of nitrogens with one attached hydrogen (secondary N) is 1. The minimum Gasteiger partial charge on any atom is -0.392 e. The van der Waals surface area contributed by atoms with Crippen LogP contribution in [0.15, 0.2) is 54.6 Å². The van der Waals surface area contributed by atoms with E-state index in [4.69, 9.17) is 11.6 Å². The van der Waals surface area contributed by atoms with Gasteiger partial charge >= 0.3 is 0 Å². The highest BCUT2D eigenvalue weighted by molar-refractivity contribution is 6.30. The molecular formula is C27H33ClN2O3. The largest absolute Gasteiger partial charge is 0.392 e. The van der Waals surface area contributed by atoms with Gasteiger partial charge in [-0.1, -0.05) is 54.1 Å². The molecule has 176 valence electrons. The number of rotatable bonds is 8. The molecule has 5 nitrogen and oxygen atoms in total. The van der Waals surface area contributed by atoms with Crippen LogP contribution in [-0.4, -0.2) is 46.6 Å². The molecule has 2 aromatic carbocycles. The van der Waals surface area contributed by atoms with Crippen molar-refractivity contribution < 1.29 is 14.7 Å². The van der Waals surface area contributed by atoms with Gasteiger partial charge in [0.1, 0.15) is 0 Å². The molecule has 2 aromatic rings. The zero-order valence-electron chi connectivity index (χ0n) is 19.0. The quantitative estimate of drug-likeness (QED) is 0.611. The van der Waals surface area contributed by atoms with E-state index in [1.54, 1.807) is 0 Å². The summed E-state index contributed by atoms with van der Waals surface area (Å²) in [5, 5.41) is 14.5. The zero-order valence-corrected chi connectivity index (χ0v) is 19.8. The summed E-state index contributed by atoms with van der Waals surface area (Å²) < 4.78 is 0. The lowest BCUT2D eigenvalue weighted by Crippen LogP contribution is -2.46. The lowest BCUT2D eigenvalue weighted by atomic mass is 9.84. The Kier molecular flexibility index (Phi) is 7.71. The van der Waals surface area contributed by atoms with Crippen molar-refractivity contribution in [2.24, 2.45) is 5.92 Å². The van der Waals surface area contributed by atoms with Crippen molar-refractivity contribution in [2.75, 3.05) is 13.1 Å². The molecule has 2 unspecified atom stereocenters. The molecular weight excluding hydrogens is 436 g/mol. The van der Waals surface area contributed by atoms with Crippen molar-refractivity contribution in [1.82, 2.24) is 10.2 Å². The minimum atomic E-state index is -0.374. The van der Waals surface area contributed by atoms with Crippen LogP contribution in [0, 0.1) is 5.92 Å². The first-order valence-corrected chi connectivity index (χ1v) is 12.4. The average Bonchev–Trinajstić information content (AvgIpc) is 3.20. The Hall–Kier alpha value is -2.37. The summed E-state index contributed by atoms with van der Waals surface area (Å²) >= 11 is 6.01. The van der Waals surface area contributed by atoms with E-state index in [-0.39, 0.29) is 29.4 Å². The van der Waals surface area contributed by atoms with Crippen LogP contribution < -0.4 is 5.32 Å². The molecule has 2 N–H and O–H groups in total. The molecule has 0 aliphatic carbocycles. The van der Waals surface area contributed by atoms with Crippen LogP contribution in [0.25, 0.3) is 0 Å². The average molecular weight is 469 g/mol. The Morgan fingerprint density at radius 3 is 2.42 bits per heavy atom. The Bertz CT molecular complexity index is 942. The Labute approximate surface area is 201 Å². The SMILES string of the molecule is O=C1CCC(CCC(=O)N2CCC(C(O)Cc3ccccc3)CC2)(Cc2ccc(Cl)cc2)N1. The first-order chi connectivity index (χ1) is 15.9. The smallest absolute Gasteiger partial charge is 0.222 e. The summed E-state index contributed by atoms with van der Waals surface area (Å²) in [7, 11) is 0. The summed E-state index contributed by atoms with van der Waals surface area (Å²) in [6.07, 6.45) is 4.95. The van der Waals surface area contributed by atoms with Crippen molar-refractivity contribution in [1.29, 1.82) is 0 Å². The molecule has 2 amide bonds. The van der Waals surface area contributed by atoms with Gasteiger partial charge in [-0.25, -0.2) is 0 Å². The van der Waals surface area contributed by atoms with E-state index in [9.17, 15) is 14.7 Å². The van der Waals surface area contributed by atoms with Crippen molar-refractivity contribution in [3.05, 3.63) is 70.7 Å². The van der Waals surface area contributed by atoms with E-state index in [0.29, 0.717) is 50.2 Å². The third-order valence-electron chi connectivity index (χ3n) is 7.23. The van der Waals surface area contributed by atoms with Crippen molar-refractivity contribution >= 4 is 23.4 Å². The molecule has 2 fully saturated rings. The molecule has 2 aliphatic rings. The number of likely N-dealkylation sites (tertiary alicyclic amines) is 1. The van der Waals surface area contributed by atoms with Gasteiger partial charge in [0, 0.05) is 36.5 Å². The van der Waals surface area contributed by atoms with Gasteiger partial charge in [0.15, 0.2) is 0 Å². The number of carbonyl (C=O) groups excluding carboxylic acids is 2. The summed E-state index contributed by atoms with van der Waals surface area (Å²) in [5.74, 6) is 0.423. The van der Waals surface area contributed by atoms with Crippen molar-refractivity contribution in [2.45, 2.75) is 63.0 Å². The van der Waals surface area contributed by atoms with Gasteiger partial charge in [0.2, 0.25) is 11.8 Å². The van der Waals surface area contributed by atoms with Crippen LogP contribution in [-0.2, 0) is 22.4 Å². The van der Waals surface area contributed by atoms with Gasteiger partial charge < -0.3 is 15.3 Å². The second-order valence-corrected chi connectivity index (χ2v) is 10.0. The van der Waals surface area contributed by atoms with Crippen LogP contribution >= 0.6 is 11.6 Å². The highest BCUT2D eigenvalue weighted by Crippen LogP contribution is 2.31. The fraction of sp³-hybridized carbons (Fsp3) is 0.481. The van der Waals surface area contributed by atoms with Gasteiger partial charge in [-0.05, 0) is 67.7 Å². The Balaban J connectivity index is 1.28. The van der Waals surface area contributed by atoms with E-state index < -0.39 is 0 Å². The first kappa shape index (κ1) is 23.8. The molecule has 2 heterocycles. The van der Waals surface area contributed by atoms with E-state index >= 15 is 0 Å². The number of hydrogen-bond acceptors (Lipinski definition) is 3. The van der Waals surface area contributed by atoms with E-state index in [2.05, 4.69) is 5.32 Å². The number of nitrogens with zero attached hydrogens (tertiary/aromatic N) is 1. The van der Waals surface area contributed by atoms with Crippen LogP contribution in [0.4, 0.5) is 0 Å². The normalized spacial score (nSPS) is 22.2. The molecule has 4 rings (SSSR count). The predicted molar refractivity (Wildman–Crippen MR) is 130 cm³/mol. The van der Waals surface area contributed by atoms with Crippen LogP contribution in [0.1, 0.15) is 49.7 Å². The maximum atomic E-state index is 13.0. The number of amides is 2. The lowest BCUT2D eigenvalue weighted by Gasteiger charge is -2.35. The highest BCUT2D eigenvalue weighted by atomic mass is 35.5. The number of piperidine rings is 1. The lowest BCUT2D eigenvalue weighted by molar-refractivity contribution is -0.133.